The number of benzene rings is 2. The van der Waals surface area contributed by atoms with Gasteiger partial charge in [0.1, 0.15) is 18.1 Å². The van der Waals surface area contributed by atoms with Crippen molar-refractivity contribution in [3.63, 3.8) is 0 Å². The van der Waals surface area contributed by atoms with Crippen LogP contribution in [0.3, 0.4) is 0 Å². The molecule has 1 N–H and O–H groups in total. The fourth-order valence-electron chi connectivity index (χ4n) is 7.06. The number of hydrogen-bond acceptors (Lipinski definition) is 6. The third kappa shape index (κ3) is 6.23. The molecule has 1 fully saturated rings. The minimum absolute atomic E-state index is 0.00978. The molecule has 0 unspecified atom stereocenters. The Kier molecular flexibility index (Phi) is 9.84. The van der Waals surface area contributed by atoms with Crippen molar-refractivity contribution >= 4 is 41.2 Å². The highest BCUT2D eigenvalue weighted by atomic mass is 19.4. The van der Waals surface area contributed by atoms with E-state index in [1.807, 2.05) is 57.0 Å². The molecule has 254 valence electrons. The quantitative estimate of drug-likeness (QED) is 0.215. The number of amides is 1. The van der Waals surface area contributed by atoms with Crippen LogP contribution in [0.25, 0.3) is 33.8 Å². The van der Waals surface area contributed by atoms with Gasteiger partial charge in [0, 0.05) is 35.1 Å². The number of rotatable bonds is 6. The van der Waals surface area contributed by atoms with Crippen LogP contribution in [0, 0.1) is 0 Å². The molecule has 48 heavy (non-hydrogen) atoms. The Morgan fingerprint density at radius 2 is 1.73 bits per heavy atom. The highest BCUT2D eigenvalue weighted by molar-refractivity contribution is 6.04. The molecule has 1 saturated carbocycles. The van der Waals surface area contributed by atoms with Gasteiger partial charge in [0.15, 0.2) is 5.69 Å². The molecular formula is C36H39F3N4O5. The summed E-state index contributed by atoms with van der Waals surface area (Å²) in [6.07, 6.45) is 2.31. The first-order chi connectivity index (χ1) is 22.9. The molecule has 1 aliphatic heterocycles. The standard InChI is InChI=1S/C35H37F3N4O4.CH2O/c1-19(2)39-33(43)21-11-13-26-27(17-21)42-18-23(30-29(34(44)46-5)32(35(36,37)38)40-41(30)3)15-22-16-24(45-4)12-14-25(22)31(42)28(26)20-9-7-6-8-10-20;1-2/h11-17,19-20H,6-10,18H2,1-5H3,(H,39,43);1H2. The Morgan fingerprint density at radius 1 is 1.02 bits per heavy atom. The second kappa shape index (κ2) is 13.7. The molecule has 2 aliphatic rings. The number of halogens is 3. The topological polar surface area (TPSA) is 104 Å². The lowest BCUT2D eigenvalue weighted by Gasteiger charge is -2.24. The van der Waals surface area contributed by atoms with Crippen LogP contribution in [0.1, 0.15) is 95.1 Å². The molecule has 0 bridgehead atoms. The molecule has 2 aromatic heterocycles. The lowest BCUT2D eigenvalue weighted by Crippen LogP contribution is -2.30. The first kappa shape index (κ1) is 34.5. The molecule has 2 aromatic carbocycles. The lowest BCUT2D eigenvalue weighted by atomic mass is 9.81. The number of nitrogens with zero attached hydrogens (tertiary/aromatic N) is 3. The van der Waals surface area contributed by atoms with Crippen LogP contribution in [-0.2, 0) is 29.3 Å². The summed E-state index contributed by atoms with van der Waals surface area (Å²) < 4.78 is 56.3. The van der Waals surface area contributed by atoms with E-state index >= 15 is 0 Å². The van der Waals surface area contributed by atoms with Gasteiger partial charge >= 0.3 is 12.1 Å². The molecule has 0 spiro atoms. The molecule has 0 atom stereocenters. The molecule has 6 rings (SSSR count). The number of aryl methyl sites for hydroxylation is 1. The van der Waals surface area contributed by atoms with Crippen molar-refractivity contribution in [3.05, 3.63) is 70.0 Å². The van der Waals surface area contributed by atoms with Crippen LogP contribution < -0.4 is 10.1 Å². The van der Waals surface area contributed by atoms with E-state index in [-0.39, 0.29) is 30.1 Å². The fourth-order valence-corrected chi connectivity index (χ4v) is 7.06. The van der Waals surface area contributed by atoms with Gasteiger partial charge in [-0.3, -0.25) is 9.48 Å². The number of esters is 1. The Labute approximate surface area is 276 Å². The average molecular weight is 665 g/mol. The molecule has 3 heterocycles. The summed E-state index contributed by atoms with van der Waals surface area (Å²) in [5, 5.41) is 7.73. The van der Waals surface area contributed by atoms with Gasteiger partial charge in [-0.25, -0.2) is 4.79 Å². The summed E-state index contributed by atoms with van der Waals surface area (Å²) in [7, 11) is 4.01. The zero-order chi connectivity index (χ0) is 34.9. The van der Waals surface area contributed by atoms with E-state index in [1.165, 1.54) is 19.0 Å². The van der Waals surface area contributed by atoms with Crippen LogP contribution in [0.5, 0.6) is 5.75 Å². The zero-order valence-electron chi connectivity index (χ0n) is 27.7. The molecule has 12 heteroatoms. The third-order valence-electron chi connectivity index (χ3n) is 8.98. The van der Waals surface area contributed by atoms with Crippen LogP contribution in [0.2, 0.25) is 0 Å². The fraction of sp³-hybridized carbons (Fsp3) is 0.389. The highest BCUT2D eigenvalue weighted by Gasteiger charge is 2.43. The zero-order valence-corrected chi connectivity index (χ0v) is 27.7. The van der Waals surface area contributed by atoms with E-state index in [9.17, 15) is 22.8 Å². The van der Waals surface area contributed by atoms with Gasteiger partial charge < -0.3 is 24.2 Å². The van der Waals surface area contributed by atoms with Crippen molar-refractivity contribution in [2.24, 2.45) is 7.05 Å². The summed E-state index contributed by atoms with van der Waals surface area (Å²) in [6.45, 7) is 5.90. The Bertz CT molecular complexity index is 1900. The Morgan fingerprint density at radius 3 is 2.35 bits per heavy atom. The van der Waals surface area contributed by atoms with Crippen molar-refractivity contribution in [2.75, 3.05) is 14.2 Å². The van der Waals surface area contributed by atoms with E-state index in [0.29, 0.717) is 16.9 Å². The van der Waals surface area contributed by atoms with Crippen molar-refractivity contribution in [1.82, 2.24) is 19.7 Å². The van der Waals surface area contributed by atoms with Crippen molar-refractivity contribution < 1.29 is 37.0 Å². The van der Waals surface area contributed by atoms with Gasteiger partial charge in [0.05, 0.1) is 32.2 Å². The van der Waals surface area contributed by atoms with Gasteiger partial charge in [0.2, 0.25) is 0 Å². The molecule has 0 saturated heterocycles. The number of hydrogen-bond donors (Lipinski definition) is 1. The molecule has 1 amide bonds. The minimum Gasteiger partial charge on any atom is -0.497 e. The van der Waals surface area contributed by atoms with Gasteiger partial charge in [-0.05, 0) is 85.7 Å². The Balaban J connectivity index is 0.00000221. The maximum Gasteiger partial charge on any atom is 0.436 e. The average Bonchev–Trinajstić information content (AvgIpc) is 3.53. The predicted octanol–water partition coefficient (Wildman–Crippen LogP) is 7.41. The van der Waals surface area contributed by atoms with Crippen LogP contribution in [0.15, 0.2) is 36.4 Å². The predicted molar refractivity (Wildman–Crippen MR) is 177 cm³/mol. The summed E-state index contributed by atoms with van der Waals surface area (Å²) in [5.74, 6) is -0.492. The van der Waals surface area contributed by atoms with Gasteiger partial charge in [-0.15, -0.1) is 0 Å². The van der Waals surface area contributed by atoms with Gasteiger partial charge in [-0.1, -0.05) is 25.3 Å². The summed E-state index contributed by atoms with van der Waals surface area (Å²) >= 11 is 0. The first-order valence-corrected chi connectivity index (χ1v) is 15.8. The van der Waals surface area contributed by atoms with Crippen LogP contribution >= 0.6 is 0 Å². The van der Waals surface area contributed by atoms with E-state index in [4.69, 9.17) is 14.3 Å². The summed E-state index contributed by atoms with van der Waals surface area (Å²) in [4.78, 5) is 34.2. The molecule has 4 aromatic rings. The first-order valence-electron chi connectivity index (χ1n) is 15.8. The largest absolute Gasteiger partial charge is 0.497 e. The smallest absolute Gasteiger partial charge is 0.436 e. The number of methoxy groups -OCH3 is 2. The van der Waals surface area contributed by atoms with Crippen LogP contribution in [-0.4, -0.2) is 53.3 Å². The monoisotopic (exact) mass is 664 g/mol. The summed E-state index contributed by atoms with van der Waals surface area (Å²) in [5.41, 5.74) is 3.51. The molecule has 1 aliphatic carbocycles. The SMILES string of the molecule is C=O.COC(=O)c1c(C(F)(F)F)nn(C)c1C1=Cc2cc(OC)ccc2-c2c(C3CCCCC3)c3ccc(C(=O)NC(C)C)cc3n2C1. The van der Waals surface area contributed by atoms with E-state index in [1.54, 1.807) is 13.2 Å². The van der Waals surface area contributed by atoms with E-state index in [2.05, 4.69) is 15.0 Å². The lowest BCUT2D eigenvalue weighted by molar-refractivity contribution is -0.142. The maximum atomic E-state index is 14.2. The second-order valence-electron chi connectivity index (χ2n) is 12.4. The Hall–Kier alpha value is -4.87. The van der Waals surface area contributed by atoms with Crippen molar-refractivity contribution in [1.29, 1.82) is 0 Å². The van der Waals surface area contributed by atoms with E-state index in [0.717, 1.165) is 65.2 Å². The molecule has 0 radical (unpaired) electrons. The molecular weight excluding hydrogens is 625 g/mol. The number of aromatic nitrogens is 3. The number of alkyl halides is 3. The number of ether oxygens (including phenoxy) is 2. The van der Waals surface area contributed by atoms with Crippen LogP contribution in [0.4, 0.5) is 13.2 Å². The number of allylic oxidation sites excluding steroid dienone is 1. The maximum absolute atomic E-state index is 14.2. The third-order valence-corrected chi connectivity index (χ3v) is 8.98. The van der Waals surface area contributed by atoms with Crippen molar-refractivity contribution in [2.45, 2.75) is 70.6 Å². The minimum atomic E-state index is -4.88. The van der Waals surface area contributed by atoms with E-state index < -0.39 is 23.4 Å². The molecule has 9 nitrogen and oxygen atoms in total. The van der Waals surface area contributed by atoms with Gasteiger partial charge in [-0.2, -0.15) is 18.3 Å². The normalized spacial score (nSPS) is 14.7. The summed E-state index contributed by atoms with van der Waals surface area (Å²) in [6, 6.07) is 11.3. The second-order valence-corrected chi connectivity index (χ2v) is 12.4. The highest BCUT2D eigenvalue weighted by Crippen LogP contribution is 2.48. The number of carbonyl (C=O) groups excluding carboxylic acids is 3. The number of carbonyl (C=O) groups is 3. The number of nitrogens with one attached hydrogen (secondary N) is 1. The van der Waals surface area contributed by atoms with Crippen molar-refractivity contribution in [3.8, 4) is 17.0 Å². The number of fused-ring (bicyclic) bond motifs is 5. The van der Waals surface area contributed by atoms with Gasteiger partial charge in [0.25, 0.3) is 5.91 Å².